The zero-order chi connectivity index (χ0) is 18.8. The Kier molecular flexibility index (Phi) is 4.73. The van der Waals surface area contributed by atoms with Crippen LogP contribution in [0.1, 0.15) is 18.3 Å². The molecule has 0 fully saturated rings. The molecule has 0 spiro atoms. The molecule has 0 saturated carbocycles. The van der Waals surface area contributed by atoms with Crippen molar-refractivity contribution in [3.05, 3.63) is 58.9 Å². The molecule has 7 heteroatoms. The second kappa shape index (κ2) is 7.32. The van der Waals surface area contributed by atoms with E-state index in [9.17, 15) is 4.79 Å². The van der Waals surface area contributed by atoms with Gasteiger partial charge in [0, 0.05) is 12.6 Å². The maximum absolute atomic E-state index is 12.2. The van der Waals surface area contributed by atoms with Gasteiger partial charge < -0.3 is 19.4 Å². The molecule has 1 aromatic heterocycles. The van der Waals surface area contributed by atoms with Gasteiger partial charge in [-0.2, -0.15) is 0 Å². The number of ether oxygens (including phenoxy) is 2. The number of carbonyl (C=O) groups is 1. The number of aryl methyl sites for hydroxylation is 1. The van der Waals surface area contributed by atoms with Gasteiger partial charge >= 0.3 is 0 Å². The van der Waals surface area contributed by atoms with E-state index in [2.05, 4.69) is 21.8 Å². The first-order valence-corrected chi connectivity index (χ1v) is 9.02. The molecule has 4 rings (SSSR count). The molecule has 0 saturated heterocycles. The van der Waals surface area contributed by atoms with E-state index in [-0.39, 0.29) is 12.7 Å². The Morgan fingerprint density at radius 3 is 3.04 bits per heavy atom. The number of para-hydroxylation sites is 2. The van der Waals surface area contributed by atoms with Gasteiger partial charge in [0.15, 0.2) is 11.5 Å². The molecule has 1 amide bonds. The number of amides is 1. The monoisotopic (exact) mass is 383 g/mol. The Balaban J connectivity index is 1.45. The molecule has 138 valence electrons. The summed E-state index contributed by atoms with van der Waals surface area (Å²) in [7, 11) is 0. The van der Waals surface area contributed by atoms with Crippen LogP contribution in [0.5, 0.6) is 11.5 Å². The maximum Gasteiger partial charge on any atom is 0.244 e. The summed E-state index contributed by atoms with van der Waals surface area (Å²) in [6.07, 6.45) is 3.15. The smallest absolute Gasteiger partial charge is 0.244 e. The number of fused-ring (bicyclic) bond motifs is 2. The average Bonchev–Trinajstić information content (AvgIpc) is 3.28. The Morgan fingerprint density at radius 2 is 2.19 bits per heavy atom. The van der Waals surface area contributed by atoms with Gasteiger partial charge in [-0.05, 0) is 42.8 Å². The quantitative estimate of drug-likeness (QED) is 0.681. The zero-order valence-corrected chi connectivity index (χ0v) is 15.5. The minimum atomic E-state index is -0.210. The number of carbonyl (C=O) groups excluding carboxylic acids is 1. The van der Waals surface area contributed by atoms with Crippen molar-refractivity contribution in [2.45, 2.75) is 20.0 Å². The van der Waals surface area contributed by atoms with Crippen LogP contribution in [0.15, 0.2) is 42.5 Å². The van der Waals surface area contributed by atoms with Crippen molar-refractivity contribution in [2.24, 2.45) is 0 Å². The molecule has 2 aromatic carbocycles. The highest BCUT2D eigenvalue weighted by atomic mass is 35.5. The van der Waals surface area contributed by atoms with E-state index in [0.29, 0.717) is 23.1 Å². The third-order valence-corrected chi connectivity index (χ3v) is 4.63. The van der Waals surface area contributed by atoms with E-state index in [1.165, 1.54) is 6.08 Å². The van der Waals surface area contributed by atoms with Crippen molar-refractivity contribution in [1.29, 1.82) is 0 Å². The minimum absolute atomic E-state index is 0.154. The van der Waals surface area contributed by atoms with E-state index in [4.69, 9.17) is 21.1 Å². The predicted molar refractivity (Wildman–Crippen MR) is 104 cm³/mol. The van der Waals surface area contributed by atoms with Gasteiger partial charge in [-0.15, -0.1) is 0 Å². The van der Waals surface area contributed by atoms with Crippen LogP contribution in [0.25, 0.3) is 17.1 Å². The van der Waals surface area contributed by atoms with Crippen molar-refractivity contribution >= 4 is 34.6 Å². The van der Waals surface area contributed by atoms with Crippen LogP contribution < -0.4 is 14.8 Å². The molecular weight excluding hydrogens is 366 g/mol. The first-order chi connectivity index (χ1) is 13.2. The molecular formula is C20H18ClN3O3. The van der Waals surface area contributed by atoms with Gasteiger partial charge in [-0.25, -0.2) is 4.98 Å². The van der Waals surface area contributed by atoms with Crippen molar-refractivity contribution in [1.82, 2.24) is 14.9 Å². The summed E-state index contributed by atoms with van der Waals surface area (Å²) in [4.78, 5) is 16.8. The minimum Gasteiger partial charge on any atom is -0.454 e. The number of benzene rings is 2. The number of aromatic nitrogens is 2. The Morgan fingerprint density at radius 1 is 1.33 bits per heavy atom. The van der Waals surface area contributed by atoms with Crippen LogP contribution >= 0.6 is 11.6 Å². The fraction of sp³-hybridized carbons (Fsp3) is 0.200. The Hall–Kier alpha value is -2.99. The lowest BCUT2D eigenvalue weighted by Gasteiger charge is -2.06. The topological polar surface area (TPSA) is 65.4 Å². The third kappa shape index (κ3) is 3.48. The number of hydrogen-bond acceptors (Lipinski definition) is 4. The summed E-state index contributed by atoms with van der Waals surface area (Å²) < 4.78 is 12.7. The van der Waals surface area contributed by atoms with E-state index in [1.54, 1.807) is 18.2 Å². The van der Waals surface area contributed by atoms with Gasteiger partial charge in [-0.3, -0.25) is 4.79 Å². The molecule has 0 radical (unpaired) electrons. The Labute approximate surface area is 161 Å². The van der Waals surface area contributed by atoms with Crippen molar-refractivity contribution in [3.8, 4) is 11.5 Å². The highest BCUT2D eigenvalue weighted by Crippen LogP contribution is 2.40. The van der Waals surface area contributed by atoms with E-state index >= 15 is 0 Å². The summed E-state index contributed by atoms with van der Waals surface area (Å²) in [6.45, 7) is 3.36. The lowest BCUT2D eigenvalue weighted by molar-refractivity contribution is -0.116. The van der Waals surface area contributed by atoms with E-state index in [1.807, 2.05) is 24.3 Å². The number of nitrogens with zero attached hydrogens (tertiary/aromatic N) is 2. The van der Waals surface area contributed by atoms with Crippen LogP contribution in [0, 0.1) is 0 Å². The molecule has 1 N–H and O–H groups in total. The molecule has 0 atom stereocenters. The molecule has 2 heterocycles. The predicted octanol–water partition coefficient (Wildman–Crippen LogP) is 3.77. The average molecular weight is 384 g/mol. The Bertz CT molecular complexity index is 1040. The standard InChI is InChI=1S/C20H18ClN3O3/c1-2-24-16-6-4-3-5-15(16)23-18(24)11-22-19(25)8-7-13-9-14(21)20-17(10-13)26-12-27-20/h3-10H,2,11-12H2,1H3,(H,22,25). The number of halogens is 1. The number of hydrogen-bond donors (Lipinski definition) is 1. The molecule has 3 aromatic rings. The normalized spacial score (nSPS) is 12.8. The lowest BCUT2D eigenvalue weighted by Crippen LogP contribution is -2.22. The molecule has 1 aliphatic heterocycles. The fourth-order valence-electron chi connectivity index (χ4n) is 3.09. The number of imidazole rings is 1. The van der Waals surface area contributed by atoms with Crippen LogP contribution in [-0.2, 0) is 17.9 Å². The summed E-state index contributed by atoms with van der Waals surface area (Å²) in [6, 6.07) is 11.5. The molecule has 0 bridgehead atoms. The van der Waals surface area contributed by atoms with Gasteiger partial charge in [0.25, 0.3) is 0 Å². The van der Waals surface area contributed by atoms with Crippen LogP contribution in [-0.4, -0.2) is 22.3 Å². The summed E-state index contributed by atoms with van der Waals surface area (Å²) in [5, 5.41) is 3.33. The molecule has 27 heavy (non-hydrogen) atoms. The van der Waals surface area contributed by atoms with E-state index < -0.39 is 0 Å². The van der Waals surface area contributed by atoms with Gasteiger partial charge in [0.1, 0.15) is 5.82 Å². The highest BCUT2D eigenvalue weighted by Gasteiger charge is 2.17. The second-order valence-corrected chi connectivity index (χ2v) is 6.46. The molecule has 0 aliphatic carbocycles. The maximum atomic E-state index is 12.2. The van der Waals surface area contributed by atoms with Gasteiger partial charge in [0.2, 0.25) is 12.7 Å². The molecule has 6 nitrogen and oxygen atoms in total. The number of rotatable bonds is 5. The summed E-state index contributed by atoms with van der Waals surface area (Å²) in [5.74, 6) is 1.74. The van der Waals surface area contributed by atoms with E-state index in [0.717, 1.165) is 29.0 Å². The SMILES string of the molecule is CCn1c(CNC(=O)C=Cc2cc(Cl)c3c(c2)OCO3)nc2ccccc21. The fourth-order valence-corrected chi connectivity index (χ4v) is 3.37. The van der Waals surface area contributed by atoms with Crippen molar-refractivity contribution < 1.29 is 14.3 Å². The first kappa shape index (κ1) is 17.4. The third-order valence-electron chi connectivity index (χ3n) is 4.35. The zero-order valence-electron chi connectivity index (χ0n) is 14.7. The van der Waals surface area contributed by atoms with Gasteiger partial charge in [-0.1, -0.05) is 23.7 Å². The summed E-state index contributed by atoms with van der Waals surface area (Å²) in [5.41, 5.74) is 2.75. The van der Waals surface area contributed by atoms with Crippen molar-refractivity contribution in [2.75, 3.05) is 6.79 Å². The van der Waals surface area contributed by atoms with Crippen LogP contribution in [0.3, 0.4) is 0 Å². The lowest BCUT2D eigenvalue weighted by atomic mass is 10.2. The van der Waals surface area contributed by atoms with Crippen LogP contribution in [0.4, 0.5) is 0 Å². The molecule has 0 unspecified atom stereocenters. The first-order valence-electron chi connectivity index (χ1n) is 8.65. The second-order valence-electron chi connectivity index (χ2n) is 6.05. The van der Waals surface area contributed by atoms with Crippen molar-refractivity contribution in [3.63, 3.8) is 0 Å². The molecule has 1 aliphatic rings. The summed E-state index contributed by atoms with van der Waals surface area (Å²) >= 11 is 6.15. The van der Waals surface area contributed by atoms with Crippen LogP contribution in [0.2, 0.25) is 5.02 Å². The number of nitrogens with one attached hydrogen (secondary N) is 1. The van der Waals surface area contributed by atoms with Gasteiger partial charge in [0.05, 0.1) is 22.6 Å². The largest absolute Gasteiger partial charge is 0.454 e. The highest BCUT2D eigenvalue weighted by molar-refractivity contribution is 6.32.